The van der Waals surface area contributed by atoms with E-state index in [4.69, 9.17) is 4.74 Å². The number of carbonyl (C=O) groups is 12. The van der Waals surface area contributed by atoms with Gasteiger partial charge in [-0.15, -0.1) is 0 Å². The number of hydrogen-bond donors (Lipinski definition) is 6. The Kier molecular flexibility index (Phi) is 46.0. The fourth-order valence-corrected chi connectivity index (χ4v) is 12.6. The zero-order chi connectivity index (χ0) is 81.5. The molecule has 0 spiro atoms. The van der Waals surface area contributed by atoms with Crippen molar-refractivity contribution in [3.05, 3.63) is 73.9 Å². The number of nitrogens with one attached hydrogen (secondary N) is 4. The second-order valence-electron chi connectivity index (χ2n) is 30.8. The molecule has 1 fully saturated rings. The van der Waals surface area contributed by atoms with E-state index >= 15 is 14.4 Å². The van der Waals surface area contributed by atoms with Crippen molar-refractivity contribution in [2.75, 3.05) is 102 Å². The van der Waals surface area contributed by atoms with Crippen molar-refractivity contribution in [3.8, 4) is 0 Å². The Morgan fingerprint density at radius 3 is 1.58 bits per heavy atom. The normalized spacial score (nSPS) is 15.7. The highest BCUT2D eigenvalue weighted by atomic mass is 16.5. The zero-order valence-electron chi connectivity index (χ0n) is 68.2. The van der Waals surface area contributed by atoms with E-state index < -0.39 is 144 Å². The van der Waals surface area contributed by atoms with Gasteiger partial charge >= 0.3 is 0 Å². The summed E-state index contributed by atoms with van der Waals surface area (Å²) in [6.07, 6.45) is 16.2. The fraction of sp³-hybridized carbons (Fsp3) is 0.700. The molecule has 11 atom stereocenters. The molecule has 27 nitrogen and oxygen atoms in total. The average Bonchev–Trinajstić information content (AvgIpc) is 0.820. The van der Waals surface area contributed by atoms with Crippen LogP contribution in [0, 0.1) is 35.5 Å². The van der Waals surface area contributed by atoms with Gasteiger partial charge < -0.3 is 75.3 Å². The van der Waals surface area contributed by atoms with Crippen LogP contribution >= 0.6 is 0 Å². The number of aliphatic hydroxyl groups is 2. The molecule has 1 aliphatic rings. The summed E-state index contributed by atoms with van der Waals surface area (Å²) in [6.45, 7) is 32.6. The third-order valence-corrected chi connectivity index (χ3v) is 18.9. The van der Waals surface area contributed by atoms with E-state index in [0.717, 1.165) is 6.42 Å². The van der Waals surface area contributed by atoms with Crippen LogP contribution in [0.15, 0.2) is 73.9 Å². The van der Waals surface area contributed by atoms with Crippen molar-refractivity contribution in [1.82, 2.24) is 60.5 Å². The molecule has 0 saturated carbocycles. The molecule has 1 aliphatic heterocycles. The number of aldehydes is 1. The first kappa shape index (κ1) is 97.1. The van der Waals surface area contributed by atoms with E-state index in [9.17, 15) is 53.4 Å². The molecule has 0 aromatic heterocycles. The van der Waals surface area contributed by atoms with Gasteiger partial charge in [-0.05, 0) is 121 Å². The third kappa shape index (κ3) is 34.1. The number of unbranched alkanes of at least 4 members (excludes halogenated alkanes) is 1. The number of carbonyl (C=O) groups excluding carboxylic acids is 12. The van der Waals surface area contributed by atoms with Crippen LogP contribution in [0.3, 0.4) is 0 Å². The van der Waals surface area contributed by atoms with E-state index in [2.05, 4.69) is 41.0 Å². The number of ether oxygens (including phenoxy) is 1. The van der Waals surface area contributed by atoms with E-state index in [1.165, 1.54) is 71.6 Å². The molecule has 9 unspecified atom stereocenters. The van der Waals surface area contributed by atoms with Crippen molar-refractivity contribution in [2.24, 2.45) is 35.5 Å². The van der Waals surface area contributed by atoms with Crippen LogP contribution in [0.1, 0.15) is 167 Å². The second-order valence-corrected chi connectivity index (χ2v) is 30.8. The van der Waals surface area contributed by atoms with E-state index in [1.54, 1.807) is 72.5 Å². The van der Waals surface area contributed by atoms with Crippen molar-refractivity contribution < 1.29 is 72.5 Å². The second kappa shape index (κ2) is 50.7. The van der Waals surface area contributed by atoms with Crippen LogP contribution in [0.2, 0.25) is 0 Å². The predicted molar refractivity (Wildman–Crippen MR) is 418 cm³/mol. The zero-order valence-corrected chi connectivity index (χ0v) is 68.2. The first-order valence-corrected chi connectivity index (χ1v) is 38.2. The number of rotatable bonds is 51. The van der Waals surface area contributed by atoms with Crippen molar-refractivity contribution in [3.63, 3.8) is 0 Å². The number of amides is 11. The minimum Gasteiger partial charge on any atom is -0.394 e. The number of aliphatic hydroxyl groups excluding tert-OH is 2. The molecule has 0 radical (unpaired) electrons. The molecular formula is C80H136N12O15. The van der Waals surface area contributed by atoms with Crippen LogP contribution in [-0.4, -0.2) is 283 Å². The summed E-state index contributed by atoms with van der Waals surface area (Å²) >= 11 is 0. The molecule has 11 amide bonds. The van der Waals surface area contributed by atoms with Gasteiger partial charge in [0.2, 0.25) is 65.0 Å². The van der Waals surface area contributed by atoms with Gasteiger partial charge in [0.1, 0.15) is 48.6 Å². The van der Waals surface area contributed by atoms with E-state index in [-0.39, 0.29) is 101 Å². The highest BCUT2D eigenvalue weighted by molar-refractivity contribution is 5.99. The quantitative estimate of drug-likeness (QED) is 0.0250. The minimum atomic E-state index is -1.67. The summed E-state index contributed by atoms with van der Waals surface area (Å²) in [5.41, 5.74) is 0.660. The van der Waals surface area contributed by atoms with Crippen LogP contribution in [0.4, 0.5) is 0 Å². The lowest BCUT2D eigenvalue weighted by atomic mass is 9.98. The summed E-state index contributed by atoms with van der Waals surface area (Å²) in [4.78, 5) is 185. The number of piperidine rings is 1. The molecular weight excluding hydrogens is 1370 g/mol. The first-order chi connectivity index (χ1) is 50.3. The van der Waals surface area contributed by atoms with Gasteiger partial charge in [-0.2, -0.15) is 0 Å². The monoisotopic (exact) mass is 1510 g/mol. The maximum absolute atomic E-state index is 15.2. The molecule has 27 heteroatoms. The molecule has 0 aromatic carbocycles. The fourth-order valence-electron chi connectivity index (χ4n) is 12.6. The highest BCUT2D eigenvalue weighted by Gasteiger charge is 2.42. The van der Waals surface area contributed by atoms with Gasteiger partial charge in [-0.25, -0.2) is 0 Å². The van der Waals surface area contributed by atoms with Crippen LogP contribution < -0.4 is 21.3 Å². The molecule has 606 valence electrons. The lowest BCUT2D eigenvalue weighted by molar-refractivity contribution is -0.150. The molecule has 0 bridgehead atoms. The number of hydrogen-bond acceptors (Lipinski definition) is 16. The van der Waals surface area contributed by atoms with E-state index in [0.29, 0.717) is 57.1 Å². The maximum Gasteiger partial charge on any atom is 0.248 e. The Morgan fingerprint density at radius 2 is 1.07 bits per heavy atom. The standard InChI is InChI=1S/C80H136N12O15/c1-23-26-29-30-32-36-64(89(21)77(103)62(43-54(6)7)82-73(99)65(85(16)17)47-58(14)35-27-24-2)79(105)90(22)68(46-57(12)13)75(101)84-71(59(15)95)80(106)92(37-28-25-3)50-70(97)88(20)67(45-56(10)11)74(100)83-63(78(104)91-38-33-31-34-39-91)48-69(96)87(19)66(44-55(8)9)72(98)81-49-60(52-107-41-40-93)76(102)86(18)61(51-94)42-53(4)5/h23-24,26-27,29-30,32,35,51,53-57,59-68,71,93,95H,1-2,14,25,28,31,33-34,36-50,52H2,3-13,15-22H3,(H,81,98)(H,82,99)(H,83,100)(H,84,101)/b29-26-,32-30+,35-27-/t59?,60?,61?,62?,63-,64?,65?,66?,67?,68-,71?/m0/s1. The number of likely N-dealkylation sites (tertiary alicyclic amines) is 1. The summed E-state index contributed by atoms with van der Waals surface area (Å²) < 4.78 is 5.56. The number of nitrogens with zero attached hydrogens (tertiary/aromatic N) is 8. The SMILES string of the molecule is C=C/C=C\C=C\CC(C(=O)N(C)[C@@H](CC(C)C)C(=O)NC(C(=O)N(CCCC)CC(=O)N(C)C(CC(C)C)C(=O)N[C@@H](CC(=O)N(C)C(CC(C)C)C(=O)NCC(COCCO)C(=O)N(C)C(C=O)CC(C)C)C(=O)N1CCCCC1)C(C)O)N(C)C(=O)C(CC(C)C)NC(=O)C(CC(=C)/C=C\C=C)N(C)C. The Labute approximate surface area is 639 Å². The number of likely N-dealkylation sites (N-methyl/N-ethyl adjacent to an activating group) is 6. The van der Waals surface area contributed by atoms with E-state index in [1.807, 2.05) is 76.2 Å². The summed E-state index contributed by atoms with van der Waals surface area (Å²) in [6, 6.07) is -10.6. The molecule has 107 heavy (non-hydrogen) atoms. The Morgan fingerprint density at radius 1 is 0.551 bits per heavy atom. The Balaban J connectivity index is 3.85. The van der Waals surface area contributed by atoms with Gasteiger partial charge in [-0.1, -0.05) is 157 Å². The Bertz CT molecular complexity index is 2980. The maximum atomic E-state index is 15.2. The minimum absolute atomic E-state index is 0.0238. The lowest BCUT2D eigenvalue weighted by Gasteiger charge is -2.37. The molecule has 0 aliphatic carbocycles. The van der Waals surface area contributed by atoms with Crippen LogP contribution in [0.5, 0.6) is 0 Å². The predicted octanol–water partition coefficient (Wildman–Crippen LogP) is 5.47. The lowest BCUT2D eigenvalue weighted by Crippen LogP contribution is -2.61. The highest BCUT2D eigenvalue weighted by Crippen LogP contribution is 2.23. The first-order valence-electron chi connectivity index (χ1n) is 38.2. The summed E-state index contributed by atoms with van der Waals surface area (Å²) in [5, 5.41) is 32.3. The van der Waals surface area contributed by atoms with Gasteiger partial charge in [-0.3, -0.25) is 57.6 Å². The van der Waals surface area contributed by atoms with Gasteiger partial charge in [0, 0.05) is 61.4 Å². The topological polar surface area (TPSA) is 329 Å². The average molecular weight is 1510 g/mol. The van der Waals surface area contributed by atoms with Crippen LogP contribution in [-0.2, 0) is 62.3 Å². The largest absolute Gasteiger partial charge is 0.394 e. The molecule has 0 aromatic rings. The molecule has 1 rings (SSSR count). The summed E-state index contributed by atoms with van der Waals surface area (Å²) in [5.74, 6) is -8.63. The van der Waals surface area contributed by atoms with Gasteiger partial charge in [0.25, 0.3) is 0 Å². The summed E-state index contributed by atoms with van der Waals surface area (Å²) in [7, 11) is 10.7. The molecule has 1 heterocycles. The molecule has 1 saturated heterocycles. The van der Waals surface area contributed by atoms with Crippen molar-refractivity contribution >= 4 is 71.3 Å². The van der Waals surface area contributed by atoms with Crippen molar-refractivity contribution in [2.45, 2.75) is 227 Å². The third-order valence-electron chi connectivity index (χ3n) is 18.9. The Hall–Kier alpha value is -7.88. The number of allylic oxidation sites excluding steroid dienone is 7. The van der Waals surface area contributed by atoms with Gasteiger partial charge in [0.05, 0.1) is 56.9 Å². The van der Waals surface area contributed by atoms with Gasteiger partial charge in [0.15, 0.2) is 0 Å². The van der Waals surface area contributed by atoms with Crippen LogP contribution in [0.25, 0.3) is 0 Å². The molecule has 6 N–H and O–H groups in total. The smallest absolute Gasteiger partial charge is 0.248 e. The van der Waals surface area contributed by atoms with Crippen molar-refractivity contribution in [1.29, 1.82) is 0 Å².